The van der Waals surface area contributed by atoms with Crippen LogP contribution in [0.15, 0.2) is 42.6 Å². The third kappa shape index (κ3) is 3.51. The minimum atomic E-state index is -0.453. The van der Waals surface area contributed by atoms with Gasteiger partial charge < -0.3 is 10.2 Å². The highest BCUT2D eigenvalue weighted by Gasteiger charge is 2.54. The van der Waals surface area contributed by atoms with E-state index < -0.39 is 5.54 Å². The molecule has 1 spiro atoms. The van der Waals surface area contributed by atoms with Crippen LogP contribution in [0.5, 0.6) is 0 Å². The number of aromatic nitrogens is 1. The molecule has 1 aromatic carbocycles. The number of pyridine rings is 1. The topological polar surface area (TPSA) is 62.3 Å². The van der Waals surface area contributed by atoms with Crippen LogP contribution < -0.4 is 5.32 Å². The number of amides is 2. The Labute approximate surface area is 178 Å². The van der Waals surface area contributed by atoms with Crippen LogP contribution in [0.3, 0.4) is 0 Å². The maximum atomic E-state index is 13.8. The molecule has 0 saturated heterocycles. The monoisotopic (exact) mass is 405 g/mol. The van der Waals surface area contributed by atoms with E-state index in [2.05, 4.69) is 17.2 Å². The molecule has 2 aromatic rings. The zero-order valence-electron chi connectivity index (χ0n) is 18.0. The molecule has 2 heterocycles. The summed E-state index contributed by atoms with van der Waals surface area (Å²) in [6.07, 6.45) is 8.66. The first-order chi connectivity index (χ1) is 14.6. The Balaban J connectivity index is 1.81. The highest BCUT2D eigenvalue weighted by atomic mass is 16.2. The second kappa shape index (κ2) is 8.58. The Morgan fingerprint density at radius 3 is 2.67 bits per heavy atom. The van der Waals surface area contributed by atoms with Crippen molar-refractivity contribution in [2.75, 3.05) is 11.9 Å². The fourth-order valence-corrected chi connectivity index (χ4v) is 5.29. The van der Waals surface area contributed by atoms with Gasteiger partial charge in [0.15, 0.2) is 0 Å². The van der Waals surface area contributed by atoms with Gasteiger partial charge in [-0.2, -0.15) is 0 Å². The van der Waals surface area contributed by atoms with Gasteiger partial charge in [0.25, 0.3) is 5.91 Å². The van der Waals surface area contributed by atoms with E-state index in [1.165, 1.54) is 0 Å². The normalized spacial score (nSPS) is 20.1. The van der Waals surface area contributed by atoms with Gasteiger partial charge in [-0.25, -0.2) is 4.98 Å². The number of nitrogens with one attached hydrogen (secondary N) is 1. The molecule has 2 aliphatic rings. The van der Waals surface area contributed by atoms with Crippen molar-refractivity contribution < 1.29 is 9.59 Å². The van der Waals surface area contributed by atoms with Crippen LogP contribution in [-0.4, -0.2) is 33.8 Å². The van der Waals surface area contributed by atoms with Gasteiger partial charge in [0, 0.05) is 18.3 Å². The first kappa shape index (κ1) is 20.6. The Hall–Kier alpha value is -2.69. The number of hydrogen-bond acceptors (Lipinski definition) is 3. The van der Waals surface area contributed by atoms with Crippen molar-refractivity contribution >= 4 is 17.6 Å². The average Bonchev–Trinajstić information content (AvgIpc) is 2.76. The average molecular weight is 406 g/mol. The minimum absolute atomic E-state index is 0.0554. The number of rotatable bonds is 5. The fourth-order valence-electron chi connectivity index (χ4n) is 5.29. The third-order valence-electron chi connectivity index (χ3n) is 6.79. The number of benzene rings is 1. The van der Waals surface area contributed by atoms with Crippen molar-refractivity contribution in [3.8, 4) is 0 Å². The predicted molar refractivity (Wildman–Crippen MR) is 119 cm³/mol. The van der Waals surface area contributed by atoms with Gasteiger partial charge in [-0.3, -0.25) is 9.59 Å². The third-order valence-corrected chi connectivity index (χ3v) is 6.79. The highest BCUT2D eigenvalue weighted by molar-refractivity contribution is 6.05. The number of nitrogens with zero attached hydrogens (tertiary/aromatic N) is 2. The fraction of sp³-hybridized carbons (Fsp3) is 0.480. The SMILES string of the molecule is CCCCN1C(=O)c2ccccc2C(C(=O)Nc2ncccc2C)C12CCCCC2. The first-order valence-electron chi connectivity index (χ1n) is 11.2. The van der Waals surface area contributed by atoms with Crippen molar-refractivity contribution in [1.82, 2.24) is 9.88 Å². The van der Waals surface area contributed by atoms with Crippen molar-refractivity contribution in [2.24, 2.45) is 0 Å². The molecule has 0 bridgehead atoms. The number of carbonyl (C=O) groups is 2. The predicted octanol–water partition coefficient (Wildman–Crippen LogP) is 5.07. The van der Waals surface area contributed by atoms with Gasteiger partial charge in [-0.1, -0.05) is 56.9 Å². The lowest BCUT2D eigenvalue weighted by molar-refractivity contribution is -0.122. The van der Waals surface area contributed by atoms with Crippen LogP contribution in [0.1, 0.15) is 79.3 Å². The maximum absolute atomic E-state index is 13.8. The number of fused-ring (bicyclic) bond motifs is 1. The van der Waals surface area contributed by atoms with E-state index >= 15 is 0 Å². The van der Waals surface area contributed by atoms with Gasteiger partial charge in [-0.15, -0.1) is 0 Å². The molecule has 4 rings (SSSR count). The molecule has 1 aliphatic heterocycles. The molecule has 30 heavy (non-hydrogen) atoms. The van der Waals surface area contributed by atoms with Crippen LogP contribution >= 0.6 is 0 Å². The maximum Gasteiger partial charge on any atom is 0.254 e. The van der Waals surface area contributed by atoms with Crippen molar-refractivity contribution in [2.45, 2.75) is 70.3 Å². The van der Waals surface area contributed by atoms with Crippen molar-refractivity contribution in [1.29, 1.82) is 0 Å². The van der Waals surface area contributed by atoms with Gasteiger partial charge >= 0.3 is 0 Å². The summed E-state index contributed by atoms with van der Waals surface area (Å²) in [6.45, 7) is 4.80. The Kier molecular flexibility index (Phi) is 5.89. The largest absolute Gasteiger partial charge is 0.332 e. The molecular weight excluding hydrogens is 374 g/mol. The molecule has 2 amide bonds. The van der Waals surface area contributed by atoms with E-state index in [4.69, 9.17) is 0 Å². The molecule has 5 nitrogen and oxygen atoms in total. The van der Waals surface area contributed by atoms with Gasteiger partial charge in [0.05, 0.1) is 11.5 Å². The molecule has 1 saturated carbocycles. The first-order valence-corrected chi connectivity index (χ1v) is 11.2. The summed E-state index contributed by atoms with van der Waals surface area (Å²) >= 11 is 0. The van der Waals surface area contributed by atoms with E-state index in [1.807, 2.05) is 48.2 Å². The van der Waals surface area contributed by atoms with Gasteiger partial charge in [0.1, 0.15) is 5.82 Å². The van der Waals surface area contributed by atoms with E-state index in [1.54, 1.807) is 6.20 Å². The number of hydrogen-bond donors (Lipinski definition) is 1. The number of anilines is 1. The van der Waals surface area contributed by atoms with Crippen LogP contribution in [0.2, 0.25) is 0 Å². The lowest BCUT2D eigenvalue weighted by Crippen LogP contribution is -2.62. The molecule has 158 valence electrons. The smallest absolute Gasteiger partial charge is 0.254 e. The Morgan fingerprint density at radius 2 is 1.93 bits per heavy atom. The second-order valence-corrected chi connectivity index (χ2v) is 8.65. The molecule has 1 N–H and O–H groups in total. The van der Waals surface area contributed by atoms with E-state index in [-0.39, 0.29) is 17.7 Å². The Morgan fingerprint density at radius 1 is 1.17 bits per heavy atom. The van der Waals surface area contributed by atoms with Gasteiger partial charge in [0.2, 0.25) is 5.91 Å². The highest BCUT2D eigenvalue weighted by Crippen LogP contribution is 2.49. The molecule has 1 aromatic heterocycles. The zero-order valence-corrected chi connectivity index (χ0v) is 18.0. The summed E-state index contributed by atoms with van der Waals surface area (Å²) in [4.78, 5) is 33.8. The second-order valence-electron chi connectivity index (χ2n) is 8.65. The molecule has 1 aliphatic carbocycles. The molecule has 5 heteroatoms. The number of carbonyl (C=O) groups excluding carboxylic acids is 2. The summed E-state index contributed by atoms with van der Waals surface area (Å²) in [6, 6.07) is 11.5. The van der Waals surface area contributed by atoms with Crippen molar-refractivity contribution in [3.63, 3.8) is 0 Å². The van der Waals surface area contributed by atoms with E-state index in [0.29, 0.717) is 17.9 Å². The number of unbranched alkanes of at least 4 members (excludes halogenated alkanes) is 1. The summed E-state index contributed by atoms with van der Waals surface area (Å²) < 4.78 is 0. The lowest BCUT2D eigenvalue weighted by Gasteiger charge is -2.53. The standard InChI is InChI=1S/C25H31N3O2/c1-3-4-17-28-24(30)20-13-7-6-12-19(20)21(25(28)14-8-5-9-15-25)23(29)27-22-18(2)11-10-16-26-22/h6-7,10-13,16,21H,3-5,8-9,14-15,17H2,1-2H3,(H,26,27,29). The minimum Gasteiger partial charge on any atom is -0.332 e. The van der Waals surface area contributed by atoms with Crippen LogP contribution in [-0.2, 0) is 4.79 Å². The summed E-state index contributed by atoms with van der Waals surface area (Å²) in [5, 5.41) is 3.10. The lowest BCUT2D eigenvalue weighted by atomic mass is 9.65. The van der Waals surface area contributed by atoms with E-state index in [9.17, 15) is 9.59 Å². The van der Waals surface area contributed by atoms with Crippen LogP contribution in [0.25, 0.3) is 0 Å². The molecular formula is C25H31N3O2. The summed E-state index contributed by atoms with van der Waals surface area (Å²) in [5.41, 5.74) is 2.02. The quantitative estimate of drug-likeness (QED) is 0.755. The summed E-state index contributed by atoms with van der Waals surface area (Å²) in [7, 11) is 0. The van der Waals surface area contributed by atoms with Gasteiger partial charge in [-0.05, 0) is 49.4 Å². The summed E-state index contributed by atoms with van der Waals surface area (Å²) in [5.74, 6) is 0.243. The molecule has 1 atom stereocenters. The van der Waals surface area contributed by atoms with Crippen LogP contribution in [0, 0.1) is 6.92 Å². The zero-order chi connectivity index (χ0) is 21.1. The molecule has 1 unspecified atom stereocenters. The molecule has 1 fully saturated rings. The number of aryl methyl sites for hydroxylation is 1. The van der Waals surface area contributed by atoms with E-state index in [0.717, 1.165) is 56.1 Å². The Bertz CT molecular complexity index is 933. The molecule has 0 radical (unpaired) electrons. The van der Waals surface area contributed by atoms with Crippen molar-refractivity contribution in [3.05, 3.63) is 59.3 Å². The van der Waals surface area contributed by atoms with Crippen LogP contribution in [0.4, 0.5) is 5.82 Å².